The molecule has 2 aliphatic heterocycles. The maximum absolute atomic E-state index is 11.9. The summed E-state index contributed by atoms with van der Waals surface area (Å²) in [6, 6.07) is 0. The molecule has 2 saturated heterocycles. The monoisotopic (exact) mass is 305 g/mol. The van der Waals surface area contributed by atoms with E-state index in [1.165, 1.54) is 0 Å². The number of sulfone groups is 1. The Labute approximate surface area is 120 Å². The van der Waals surface area contributed by atoms with Gasteiger partial charge in [-0.2, -0.15) is 0 Å². The first kappa shape index (κ1) is 15.7. The van der Waals surface area contributed by atoms with E-state index in [0.717, 1.165) is 25.5 Å². The van der Waals surface area contributed by atoms with Crippen molar-refractivity contribution < 1.29 is 22.7 Å². The molecule has 1 unspecified atom stereocenters. The highest BCUT2D eigenvalue weighted by Crippen LogP contribution is 2.36. The summed E-state index contributed by atoms with van der Waals surface area (Å²) in [6.45, 7) is 4.39. The quantitative estimate of drug-likeness (QED) is 0.743. The number of carbonyl (C=O) groups is 1. The second-order valence-corrected chi connectivity index (χ2v) is 7.87. The molecular weight excluding hydrogens is 282 g/mol. The topological polar surface area (TPSA) is 72.9 Å². The first-order chi connectivity index (χ1) is 9.34. The van der Waals surface area contributed by atoms with E-state index in [2.05, 4.69) is 0 Å². The molecule has 0 saturated carbocycles. The Hall–Kier alpha value is -0.660. The molecule has 0 N–H and O–H groups in total. The van der Waals surface area contributed by atoms with E-state index < -0.39 is 15.6 Å². The van der Waals surface area contributed by atoms with Crippen LogP contribution in [0.1, 0.15) is 26.2 Å². The van der Waals surface area contributed by atoms with Gasteiger partial charge >= 0.3 is 0 Å². The van der Waals surface area contributed by atoms with Gasteiger partial charge in [-0.1, -0.05) is 0 Å². The minimum atomic E-state index is -3.26. The van der Waals surface area contributed by atoms with E-state index in [0.29, 0.717) is 26.3 Å². The fourth-order valence-corrected chi connectivity index (χ4v) is 3.60. The van der Waals surface area contributed by atoms with Gasteiger partial charge in [0.1, 0.15) is 5.75 Å². The smallest absolute Gasteiger partial charge is 0.237 e. The van der Waals surface area contributed by atoms with Gasteiger partial charge in [-0.3, -0.25) is 4.79 Å². The molecule has 7 heteroatoms. The van der Waals surface area contributed by atoms with Crippen LogP contribution in [-0.2, 0) is 24.1 Å². The van der Waals surface area contributed by atoms with Crippen molar-refractivity contribution in [3.8, 4) is 0 Å². The number of hydrogen-bond acceptors (Lipinski definition) is 5. The normalized spacial score (nSPS) is 26.1. The van der Waals surface area contributed by atoms with Gasteiger partial charge < -0.3 is 14.4 Å². The van der Waals surface area contributed by atoms with Crippen molar-refractivity contribution in [3.63, 3.8) is 0 Å². The highest BCUT2D eigenvalue weighted by atomic mass is 32.2. The molecule has 0 aliphatic carbocycles. The van der Waals surface area contributed by atoms with Gasteiger partial charge in [-0.15, -0.1) is 0 Å². The maximum Gasteiger partial charge on any atom is 0.237 e. The molecular formula is C13H23NO5S. The number of nitrogens with zero attached hydrogens (tertiary/aromatic N) is 1. The third-order valence-electron chi connectivity index (χ3n) is 3.99. The average molecular weight is 305 g/mol. The minimum absolute atomic E-state index is 0.151. The zero-order valence-electron chi connectivity index (χ0n) is 12.1. The number of amides is 1. The molecule has 1 amide bonds. The molecule has 2 fully saturated rings. The number of piperidine rings is 1. The Morgan fingerprint density at radius 2 is 2.05 bits per heavy atom. The van der Waals surface area contributed by atoms with Crippen LogP contribution in [0.2, 0.25) is 0 Å². The Morgan fingerprint density at radius 3 is 2.60 bits per heavy atom. The first-order valence-corrected chi connectivity index (χ1v) is 9.11. The number of hydrogen-bond donors (Lipinski definition) is 0. The average Bonchev–Trinajstić information content (AvgIpc) is 2.71. The summed E-state index contributed by atoms with van der Waals surface area (Å²) in [5, 5.41) is 0. The summed E-state index contributed by atoms with van der Waals surface area (Å²) < 4.78 is 33.8. The Balaban J connectivity index is 1.85. The molecule has 6 nitrogen and oxygen atoms in total. The van der Waals surface area contributed by atoms with Crippen molar-refractivity contribution in [1.82, 2.24) is 4.90 Å². The number of ether oxygens (including phenoxy) is 2. The van der Waals surface area contributed by atoms with Crippen molar-refractivity contribution in [2.75, 3.05) is 38.3 Å². The van der Waals surface area contributed by atoms with E-state index in [4.69, 9.17) is 9.47 Å². The number of rotatable bonds is 4. The van der Waals surface area contributed by atoms with Crippen LogP contribution in [0, 0.1) is 0 Å². The molecule has 20 heavy (non-hydrogen) atoms. The number of likely N-dealkylation sites (tertiary alicyclic amines) is 1. The zero-order valence-corrected chi connectivity index (χ0v) is 12.9. The van der Waals surface area contributed by atoms with Gasteiger partial charge in [0.2, 0.25) is 5.91 Å². The lowest BCUT2D eigenvalue weighted by Crippen LogP contribution is -2.48. The summed E-state index contributed by atoms with van der Waals surface area (Å²) >= 11 is 0. The van der Waals surface area contributed by atoms with Crippen LogP contribution in [-0.4, -0.2) is 69.2 Å². The SMILES string of the molecule is CCOC1COC2(CCN(C(=O)CS(C)(=O)=O)CC2)C1. The van der Waals surface area contributed by atoms with E-state index in [-0.39, 0.29) is 17.6 Å². The van der Waals surface area contributed by atoms with Gasteiger partial charge in [-0.25, -0.2) is 8.42 Å². The molecule has 0 radical (unpaired) electrons. The molecule has 116 valence electrons. The third-order valence-corrected chi connectivity index (χ3v) is 4.76. The lowest BCUT2D eigenvalue weighted by molar-refractivity contribution is -0.133. The van der Waals surface area contributed by atoms with Crippen molar-refractivity contribution in [1.29, 1.82) is 0 Å². The Bertz CT molecular complexity index is 453. The molecule has 0 bridgehead atoms. The molecule has 0 aromatic carbocycles. The lowest BCUT2D eigenvalue weighted by atomic mass is 9.88. The van der Waals surface area contributed by atoms with Crippen molar-refractivity contribution in [3.05, 3.63) is 0 Å². The summed E-state index contributed by atoms with van der Waals surface area (Å²) in [5.41, 5.74) is -0.179. The van der Waals surface area contributed by atoms with E-state index in [1.807, 2.05) is 6.92 Å². The van der Waals surface area contributed by atoms with Crippen LogP contribution in [0.15, 0.2) is 0 Å². The van der Waals surface area contributed by atoms with Crippen LogP contribution in [0.25, 0.3) is 0 Å². The zero-order chi connectivity index (χ0) is 14.8. The lowest BCUT2D eigenvalue weighted by Gasteiger charge is -2.38. The predicted octanol–water partition coefficient (Wildman–Crippen LogP) is 0.218. The Kier molecular flexibility index (Phi) is 4.71. The van der Waals surface area contributed by atoms with Crippen LogP contribution in [0.5, 0.6) is 0 Å². The molecule has 1 spiro atoms. The maximum atomic E-state index is 11.9. The van der Waals surface area contributed by atoms with Crippen LogP contribution in [0.4, 0.5) is 0 Å². The minimum Gasteiger partial charge on any atom is -0.376 e. The van der Waals surface area contributed by atoms with Gasteiger partial charge in [0.25, 0.3) is 0 Å². The van der Waals surface area contributed by atoms with Crippen LogP contribution in [0.3, 0.4) is 0 Å². The summed E-state index contributed by atoms with van der Waals surface area (Å²) in [6.07, 6.45) is 3.62. The molecule has 2 rings (SSSR count). The molecule has 1 atom stereocenters. The van der Waals surface area contributed by atoms with Crippen molar-refractivity contribution in [2.24, 2.45) is 0 Å². The third kappa shape index (κ3) is 3.93. The molecule has 0 aromatic rings. The number of carbonyl (C=O) groups excluding carboxylic acids is 1. The fraction of sp³-hybridized carbons (Fsp3) is 0.923. The van der Waals surface area contributed by atoms with Gasteiger partial charge in [-0.05, 0) is 19.8 Å². The molecule has 2 aliphatic rings. The second-order valence-electron chi connectivity index (χ2n) is 5.73. The second kappa shape index (κ2) is 5.99. The standard InChI is InChI=1S/C13H23NO5S/c1-3-18-11-8-13(19-9-11)4-6-14(7-5-13)12(15)10-20(2,16)17/h11H,3-10H2,1-2H3. The highest BCUT2D eigenvalue weighted by molar-refractivity contribution is 7.91. The summed E-state index contributed by atoms with van der Waals surface area (Å²) in [4.78, 5) is 13.5. The highest BCUT2D eigenvalue weighted by Gasteiger charge is 2.43. The fourth-order valence-electron chi connectivity index (χ4n) is 2.97. The predicted molar refractivity (Wildman–Crippen MR) is 74.2 cm³/mol. The van der Waals surface area contributed by atoms with Gasteiger partial charge in [0.05, 0.1) is 18.3 Å². The van der Waals surface area contributed by atoms with E-state index >= 15 is 0 Å². The molecule has 2 heterocycles. The van der Waals surface area contributed by atoms with Crippen molar-refractivity contribution in [2.45, 2.75) is 37.9 Å². The van der Waals surface area contributed by atoms with E-state index in [1.54, 1.807) is 4.90 Å². The summed E-state index contributed by atoms with van der Waals surface area (Å²) in [7, 11) is -3.26. The summed E-state index contributed by atoms with van der Waals surface area (Å²) in [5.74, 6) is -0.704. The van der Waals surface area contributed by atoms with Gasteiger partial charge in [0.15, 0.2) is 9.84 Å². The first-order valence-electron chi connectivity index (χ1n) is 7.05. The van der Waals surface area contributed by atoms with Gasteiger partial charge in [0, 0.05) is 32.4 Å². The van der Waals surface area contributed by atoms with Crippen LogP contribution >= 0.6 is 0 Å². The van der Waals surface area contributed by atoms with E-state index in [9.17, 15) is 13.2 Å². The molecule has 0 aromatic heterocycles. The van der Waals surface area contributed by atoms with Crippen LogP contribution < -0.4 is 0 Å². The Morgan fingerprint density at radius 1 is 1.40 bits per heavy atom. The van der Waals surface area contributed by atoms with Crippen molar-refractivity contribution >= 4 is 15.7 Å². The largest absolute Gasteiger partial charge is 0.376 e.